The number of aromatic nitrogens is 1. The number of rotatable bonds is 4. The molecule has 0 fully saturated rings. The average molecular weight is 305 g/mol. The summed E-state index contributed by atoms with van der Waals surface area (Å²) < 4.78 is 0. The lowest BCUT2D eigenvalue weighted by Gasteiger charge is -2.34. The van der Waals surface area contributed by atoms with Crippen LogP contribution in [-0.2, 0) is 10.2 Å². The largest absolute Gasteiger partial charge is 0.396 e. The van der Waals surface area contributed by atoms with E-state index in [0.717, 1.165) is 17.5 Å². The average Bonchev–Trinajstić information content (AvgIpc) is 2.58. The van der Waals surface area contributed by atoms with E-state index in [1.54, 1.807) is 18.3 Å². The second-order valence-electron chi connectivity index (χ2n) is 5.80. The molecule has 2 unspecified atom stereocenters. The molecule has 0 bridgehead atoms. The molecule has 1 aromatic heterocycles. The summed E-state index contributed by atoms with van der Waals surface area (Å²) in [5, 5.41) is 3.30. The van der Waals surface area contributed by atoms with Crippen molar-refractivity contribution in [1.82, 2.24) is 4.98 Å². The Bertz CT molecular complexity index is 782. The number of carbonyl (C=O) groups excluding carboxylic acids is 1. The van der Waals surface area contributed by atoms with E-state index in [9.17, 15) is 4.79 Å². The van der Waals surface area contributed by atoms with Crippen molar-refractivity contribution in [3.05, 3.63) is 72.5 Å². The number of nitrogen functional groups attached to an aromatic ring is 1. The molecule has 0 amide bonds. The van der Waals surface area contributed by atoms with Crippen LogP contribution in [0.3, 0.4) is 0 Å². The lowest BCUT2D eigenvalue weighted by atomic mass is 9.69. The van der Waals surface area contributed by atoms with Crippen LogP contribution in [0.5, 0.6) is 0 Å². The summed E-state index contributed by atoms with van der Waals surface area (Å²) >= 11 is 0. The van der Waals surface area contributed by atoms with Crippen LogP contribution >= 0.6 is 0 Å². The highest BCUT2D eigenvalue weighted by molar-refractivity contribution is 5.73. The number of carbonyl (C=O) groups is 1. The summed E-state index contributed by atoms with van der Waals surface area (Å²) in [5.41, 5.74) is 8.07. The van der Waals surface area contributed by atoms with Gasteiger partial charge in [-0.1, -0.05) is 49.4 Å². The molecule has 0 radical (unpaired) electrons. The Morgan fingerprint density at radius 3 is 2.83 bits per heavy atom. The molecule has 3 N–H and O–H groups in total. The van der Waals surface area contributed by atoms with Crippen LogP contribution in [0.15, 0.2) is 66.9 Å². The maximum absolute atomic E-state index is 11.5. The molecule has 0 spiro atoms. The Labute approximate surface area is 135 Å². The minimum atomic E-state index is -0.413. The standard InChI is InChI=1S/C19H19N3O/c1-19(11-5-4-7-14(19)13-23)15-8-2-3-10-17(15)22-18-16(20)9-6-12-21-18/h2-14H,20H2,1H3,(H,21,22). The molecule has 4 nitrogen and oxygen atoms in total. The smallest absolute Gasteiger partial charge is 0.153 e. The van der Waals surface area contributed by atoms with Crippen molar-refractivity contribution in [2.75, 3.05) is 11.1 Å². The van der Waals surface area contributed by atoms with Crippen molar-refractivity contribution in [1.29, 1.82) is 0 Å². The van der Waals surface area contributed by atoms with Gasteiger partial charge < -0.3 is 15.8 Å². The Hall–Kier alpha value is -2.88. The zero-order valence-electron chi connectivity index (χ0n) is 12.9. The maximum Gasteiger partial charge on any atom is 0.153 e. The first kappa shape index (κ1) is 15.0. The van der Waals surface area contributed by atoms with Gasteiger partial charge in [0.05, 0.1) is 5.69 Å². The zero-order chi connectivity index (χ0) is 16.3. The van der Waals surface area contributed by atoms with Crippen molar-refractivity contribution < 1.29 is 4.79 Å². The molecule has 3 rings (SSSR count). The molecule has 4 heteroatoms. The summed E-state index contributed by atoms with van der Waals surface area (Å²) in [7, 11) is 0. The van der Waals surface area contributed by atoms with E-state index in [1.165, 1.54) is 0 Å². The number of benzene rings is 1. The topological polar surface area (TPSA) is 68.0 Å². The normalized spacial score (nSPS) is 22.7. The number of allylic oxidation sites excluding steroid dienone is 4. The molecule has 23 heavy (non-hydrogen) atoms. The highest BCUT2D eigenvalue weighted by atomic mass is 16.1. The van der Waals surface area contributed by atoms with Crippen LogP contribution in [0, 0.1) is 5.92 Å². The predicted molar refractivity (Wildman–Crippen MR) is 93.6 cm³/mol. The fourth-order valence-electron chi connectivity index (χ4n) is 2.92. The van der Waals surface area contributed by atoms with Crippen molar-refractivity contribution in [2.45, 2.75) is 12.3 Å². The number of nitrogens with two attached hydrogens (primary N) is 1. The van der Waals surface area contributed by atoms with Gasteiger partial charge in [0.25, 0.3) is 0 Å². The third-order valence-electron chi connectivity index (χ3n) is 4.31. The van der Waals surface area contributed by atoms with Gasteiger partial charge >= 0.3 is 0 Å². The Balaban J connectivity index is 2.05. The van der Waals surface area contributed by atoms with Crippen LogP contribution in [-0.4, -0.2) is 11.3 Å². The number of pyridine rings is 1. The van der Waals surface area contributed by atoms with Crippen LogP contribution in [0.2, 0.25) is 0 Å². The molecule has 2 atom stereocenters. The number of para-hydroxylation sites is 1. The van der Waals surface area contributed by atoms with Gasteiger partial charge in [0.2, 0.25) is 0 Å². The molecular weight excluding hydrogens is 286 g/mol. The number of hydrogen-bond acceptors (Lipinski definition) is 4. The van der Waals surface area contributed by atoms with Gasteiger partial charge in [-0.3, -0.25) is 0 Å². The highest BCUT2D eigenvalue weighted by Crippen LogP contribution is 2.40. The van der Waals surface area contributed by atoms with E-state index in [4.69, 9.17) is 5.73 Å². The van der Waals surface area contributed by atoms with Crippen molar-refractivity contribution in [3.8, 4) is 0 Å². The zero-order valence-corrected chi connectivity index (χ0v) is 12.9. The van der Waals surface area contributed by atoms with E-state index in [1.807, 2.05) is 42.5 Å². The van der Waals surface area contributed by atoms with Gasteiger partial charge in [-0.15, -0.1) is 0 Å². The highest BCUT2D eigenvalue weighted by Gasteiger charge is 2.35. The fourth-order valence-corrected chi connectivity index (χ4v) is 2.92. The number of hydrogen-bond donors (Lipinski definition) is 2. The predicted octanol–water partition coefficient (Wildman–Crippen LogP) is 3.61. The fraction of sp³-hybridized carbons (Fsp3) is 0.158. The molecule has 1 aromatic carbocycles. The first-order valence-electron chi connectivity index (χ1n) is 7.53. The van der Waals surface area contributed by atoms with E-state index in [2.05, 4.69) is 23.3 Å². The van der Waals surface area contributed by atoms with E-state index in [-0.39, 0.29) is 5.92 Å². The molecule has 0 aliphatic heterocycles. The SMILES string of the molecule is CC1(c2ccccc2Nc2ncccc2N)C=CC=CC1C=O. The van der Waals surface area contributed by atoms with E-state index in [0.29, 0.717) is 11.5 Å². The third-order valence-corrected chi connectivity index (χ3v) is 4.31. The Kier molecular flexibility index (Phi) is 3.98. The molecule has 2 aromatic rings. The molecule has 1 heterocycles. The first-order chi connectivity index (χ1) is 11.1. The minimum absolute atomic E-state index is 0.212. The summed E-state index contributed by atoms with van der Waals surface area (Å²) in [5.74, 6) is 0.401. The second-order valence-corrected chi connectivity index (χ2v) is 5.80. The molecule has 116 valence electrons. The maximum atomic E-state index is 11.5. The second kappa shape index (κ2) is 6.08. The summed E-state index contributed by atoms with van der Waals surface area (Å²) in [6.45, 7) is 2.06. The monoisotopic (exact) mass is 305 g/mol. The van der Waals surface area contributed by atoms with Crippen LogP contribution in [0.4, 0.5) is 17.2 Å². The van der Waals surface area contributed by atoms with Crippen molar-refractivity contribution in [3.63, 3.8) is 0 Å². The van der Waals surface area contributed by atoms with Crippen molar-refractivity contribution in [2.24, 2.45) is 5.92 Å². The lowest BCUT2D eigenvalue weighted by Crippen LogP contribution is -2.32. The number of anilines is 3. The minimum Gasteiger partial charge on any atom is -0.396 e. The summed E-state index contributed by atoms with van der Waals surface area (Å²) in [6.07, 6.45) is 10.6. The Morgan fingerprint density at radius 1 is 1.22 bits per heavy atom. The van der Waals surface area contributed by atoms with Crippen molar-refractivity contribution >= 4 is 23.5 Å². The first-order valence-corrected chi connectivity index (χ1v) is 7.53. The van der Waals surface area contributed by atoms with E-state index >= 15 is 0 Å². The molecular formula is C19H19N3O. The summed E-state index contributed by atoms with van der Waals surface area (Å²) in [6, 6.07) is 11.5. The van der Waals surface area contributed by atoms with Gasteiger partial charge in [-0.25, -0.2) is 4.98 Å². The van der Waals surface area contributed by atoms with Gasteiger partial charge in [0.1, 0.15) is 6.29 Å². The van der Waals surface area contributed by atoms with Crippen LogP contribution in [0.25, 0.3) is 0 Å². The van der Waals surface area contributed by atoms with Gasteiger partial charge in [0.15, 0.2) is 5.82 Å². The number of nitrogens with zero attached hydrogens (tertiary/aromatic N) is 1. The van der Waals surface area contributed by atoms with Crippen LogP contribution in [0.1, 0.15) is 12.5 Å². The number of nitrogens with one attached hydrogen (secondary N) is 1. The van der Waals surface area contributed by atoms with Gasteiger partial charge in [-0.2, -0.15) is 0 Å². The molecule has 0 saturated heterocycles. The van der Waals surface area contributed by atoms with Crippen LogP contribution < -0.4 is 11.1 Å². The Morgan fingerprint density at radius 2 is 2.04 bits per heavy atom. The molecule has 1 aliphatic rings. The molecule has 1 aliphatic carbocycles. The third kappa shape index (κ3) is 2.75. The molecule has 0 saturated carbocycles. The summed E-state index contributed by atoms with van der Waals surface area (Å²) in [4.78, 5) is 15.8. The van der Waals surface area contributed by atoms with Gasteiger partial charge in [-0.05, 0) is 23.8 Å². The lowest BCUT2D eigenvalue weighted by molar-refractivity contribution is -0.111. The number of aldehydes is 1. The quantitative estimate of drug-likeness (QED) is 0.847. The van der Waals surface area contributed by atoms with Gasteiger partial charge in [0, 0.05) is 23.2 Å². The van der Waals surface area contributed by atoms with E-state index < -0.39 is 5.41 Å².